The number of anilines is 1. The van der Waals surface area contributed by atoms with Crippen LogP contribution in [0.5, 0.6) is 0 Å². The molecule has 0 amide bonds. The van der Waals surface area contributed by atoms with Gasteiger partial charge in [0.25, 0.3) is 0 Å². The molecule has 0 atom stereocenters. The van der Waals surface area contributed by atoms with Crippen LogP contribution in [0.3, 0.4) is 0 Å². The molecule has 1 aromatic heterocycles. The van der Waals surface area contributed by atoms with Crippen LogP contribution in [-0.4, -0.2) is 15.6 Å². The molecule has 1 aliphatic rings. The fourth-order valence-corrected chi connectivity index (χ4v) is 2.27. The number of nitrogens with one attached hydrogen (secondary N) is 1. The predicted octanol–water partition coefficient (Wildman–Crippen LogP) is 3.37. The van der Waals surface area contributed by atoms with Crippen molar-refractivity contribution in [1.29, 1.82) is 0 Å². The summed E-state index contributed by atoms with van der Waals surface area (Å²) in [5.41, 5.74) is 4.85. The summed E-state index contributed by atoms with van der Waals surface area (Å²) in [5.74, 6) is 0.974. The Morgan fingerprint density at radius 3 is 2.67 bits per heavy atom. The Morgan fingerprint density at radius 2 is 2.00 bits per heavy atom. The van der Waals surface area contributed by atoms with Crippen LogP contribution in [0.4, 0.5) is 5.95 Å². The minimum Gasteiger partial charge on any atom is -0.353 e. The number of aromatic nitrogens is 2. The molecule has 0 radical (unpaired) electrons. The van der Waals surface area contributed by atoms with Gasteiger partial charge in [-0.25, -0.2) is 4.98 Å². The molecule has 1 fully saturated rings. The molecule has 2 aromatic rings. The largest absolute Gasteiger partial charge is 0.353 e. The van der Waals surface area contributed by atoms with E-state index in [1.165, 1.54) is 29.7 Å². The van der Waals surface area contributed by atoms with E-state index in [1.54, 1.807) is 0 Å². The average Bonchev–Trinajstić information content (AvgIpc) is 3.03. The van der Waals surface area contributed by atoms with E-state index in [4.69, 9.17) is 0 Å². The number of nitrogens with zero attached hydrogens (tertiary/aromatic N) is 2. The first kappa shape index (κ1) is 11.3. The lowest BCUT2D eigenvalue weighted by atomic mass is 10.1. The highest BCUT2D eigenvalue weighted by Crippen LogP contribution is 2.27. The maximum Gasteiger partial charge on any atom is 0.207 e. The van der Waals surface area contributed by atoms with Crippen LogP contribution in [0.1, 0.15) is 29.7 Å². The van der Waals surface area contributed by atoms with Gasteiger partial charge in [-0.2, -0.15) is 0 Å². The predicted molar refractivity (Wildman–Crippen MR) is 74.4 cm³/mol. The first-order valence-electron chi connectivity index (χ1n) is 6.53. The first-order chi connectivity index (χ1) is 8.63. The van der Waals surface area contributed by atoms with Crippen molar-refractivity contribution in [2.75, 3.05) is 5.32 Å². The van der Waals surface area contributed by atoms with Gasteiger partial charge < -0.3 is 5.32 Å². The zero-order valence-corrected chi connectivity index (χ0v) is 11.2. The summed E-state index contributed by atoms with van der Waals surface area (Å²) in [5, 5.41) is 3.50. The Morgan fingerprint density at radius 1 is 1.22 bits per heavy atom. The molecule has 0 saturated heterocycles. The van der Waals surface area contributed by atoms with Crippen molar-refractivity contribution in [2.24, 2.45) is 0 Å². The fraction of sp³-hybridized carbons (Fsp3) is 0.400. The monoisotopic (exact) mass is 241 g/mol. The Kier molecular flexibility index (Phi) is 2.62. The molecule has 0 spiro atoms. The smallest absolute Gasteiger partial charge is 0.207 e. The minimum absolute atomic E-state index is 0.622. The van der Waals surface area contributed by atoms with Gasteiger partial charge in [-0.15, -0.1) is 0 Å². The summed E-state index contributed by atoms with van der Waals surface area (Å²) in [7, 11) is 0. The van der Waals surface area contributed by atoms with Crippen molar-refractivity contribution >= 4 is 5.95 Å². The van der Waals surface area contributed by atoms with Gasteiger partial charge in [0, 0.05) is 12.2 Å². The number of benzene rings is 1. The van der Waals surface area contributed by atoms with Crippen LogP contribution in [0.25, 0.3) is 5.69 Å². The SMILES string of the molecule is Cc1ccc(-n2cc(C)nc2NC2CC2)c(C)c1. The zero-order valence-electron chi connectivity index (χ0n) is 11.2. The van der Waals surface area contributed by atoms with E-state index >= 15 is 0 Å². The number of hydrogen-bond acceptors (Lipinski definition) is 2. The van der Waals surface area contributed by atoms with Gasteiger partial charge in [0.15, 0.2) is 0 Å². The zero-order chi connectivity index (χ0) is 12.7. The van der Waals surface area contributed by atoms with Gasteiger partial charge in [0.2, 0.25) is 5.95 Å². The van der Waals surface area contributed by atoms with Crippen LogP contribution in [0, 0.1) is 20.8 Å². The molecule has 18 heavy (non-hydrogen) atoms. The second-order valence-corrected chi connectivity index (χ2v) is 5.28. The fourth-order valence-electron chi connectivity index (χ4n) is 2.27. The van der Waals surface area contributed by atoms with Crippen molar-refractivity contribution in [2.45, 2.75) is 39.7 Å². The molecule has 1 saturated carbocycles. The van der Waals surface area contributed by atoms with Gasteiger partial charge in [-0.3, -0.25) is 4.57 Å². The maximum absolute atomic E-state index is 4.58. The lowest BCUT2D eigenvalue weighted by Crippen LogP contribution is -2.08. The summed E-state index contributed by atoms with van der Waals surface area (Å²) >= 11 is 0. The van der Waals surface area contributed by atoms with E-state index in [0.29, 0.717) is 6.04 Å². The molecule has 1 aliphatic carbocycles. The molecule has 3 rings (SSSR count). The standard InChI is InChI=1S/C15H19N3/c1-10-4-7-14(11(2)8-10)18-9-12(3)16-15(18)17-13-5-6-13/h4,7-9,13H,5-6H2,1-3H3,(H,16,17). The molecule has 1 heterocycles. The van der Waals surface area contributed by atoms with E-state index in [1.807, 2.05) is 6.92 Å². The topological polar surface area (TPSA) is 29.9 Å². The van der Waals surface area contributed by atoms with Crippen molar-refractivity contribution in [3.05, 3.63) is 41.2 Å². The third kappa shape index (κ3) is 2.13. The van der Waals surface area contributed by atoms with E-state index in [-0.39, 0.29) is 0 Å². The molecule has 0 unspecified atom stereocenters. The molecule has 1 aromatic carbocycles. The molecule has 3 nitrogen and oxygen atoms in total. The Bertz CT molecular complexity index is 579. The quantitative estimate of drug-likeness (QED) is 0.892. The number of imidazole rings is 1. The molecule has 1 N–H and O–H groups in total. The van der Waals surface area contributed by atoms with E-state index in [2.05, 4.69) is 53.1 Å². The van der Waals surface area contributed by atoms with Crippen LogP contribution >= 0.6 is 0 Å². The van der Waals surface area contributed by atoms with Crippen molar-refractivity contribution in [1.82, 2.24) is 9.55 Å². The molecule has 94 valence electrons. The Balaban J connectivity index is 2.03. The lowest BCUT2D eigenvalue weighted by Gasteiger charge is -2.12. The highest BCUT2D eigenvalue weighted by molar-refractivity contribution is 5.49. The van der Waals surface area contributed by atoms with Crippen molar-refractivity contribution in [3.63, 3.8) is 0 Å². The summed E-state index contributed by atoms with van der Waals surface area (Å²) in [6.07, 6.45) is 4.62. The van der Waals surface area contributed by atoms with Gasteiger partial charge >= 0.3 is 0 Å². The molecular weight excluding hydrogens is 222 g/mol. The number of rotatable bonds is 3. The van der Waals surface area contributed by atoms with E-state index in [0.717, 1.165) is 11.6 Å². The van der Waals surface area contributed by atoms with Crippen molar-refractivity contribution in [3.8, 4) is 5.69 Å². The second-order valence-electron chi connectivity index (χ2n) is 5.28. The van der Waals surface area contributed by atoms with Crippen LogP contribution in [0.15, 0.2) is 24.4 Å². The third-order valence-electron chi connectivity index (χ3n) is 3.35. The first-order valence-corrected chi connectivity index (χ1v) is 6.53. The lowest BCUT2D eigenvalue weighted by molar-refractivity contribution is 0.992. The Labute approximate surface area is 108 Å². The minimum atomic E-state index is 0.622. The van der Waals surface area contributed by atoms with Gasteiger partial charge in [-0.1, -0.05) is 17.7 Å². The summed E-state index contributed by atoms with van der Waals surface area (Å²) in [4.78, 5) is 4.58. The van der Waals surface area contributed by atoms with Gasteiger partial charge in [0.05, 0.1) is 11.4 Å². The molecular formula is C15H19N3. The van der Waals surface area contributed by atoms with Crippen LogP contribution in [-0.2, 0) is 0 Å². The summed E-state index contributed by atoms with van der Waals surface area (Å²) in [6.45, 7) is 6.32. The summed E-state index contributed by atoms with van der Waals surface area (Å²) < 4.78 is 2.17. The maximum atomic E-state index is 4.58. The highest BCUT2D eigenvalue weighted by atomic mass is 15.2. The third-order valence-corrected chi connectivity index (χ3v) is 3.35. The van der Waals surface area contributed by atoms with Crippen LogP contribution < -0.4 is 5.32 Å². The number of hydrogen-bond donors (Lipinski definition) is 1. The Hall–Kier alpha value is -1.77. The van der Waals surface area contributed by atoms with Gasteiger partial charge in [-0.05, 0) is 45.2 Å². The van der Waals surface area contributed by atoms with E-state index < -0.39 is 0 Å². The molecule has 0 bridgehead atoms. The van der Waals surface area contributed by atoms with Crippen molar-refractivity contribution < 1.29 is 0 Å². The van der Waals surface area contributed by atoms with E-state index in [9.17, 15) is 0 Å². The number of aryl methyl sites for hydroxylation is 3. The molecule has 3 heteroatoms. The second kappa shape index (κ2) is 4.16. The van der Waals surface area contributed by atoms with Gasteiger partial charge in [0.1, 0.15) is 0 Å². The van der Waals surface area contributed by atoms with Crippen LogP contribution in [0.2, 0.25) is 0 Å². The average molecular weight is 241 g/mol. The normalized spacial score (nSPS) is 14.8. The summed E-state index contributed by atoms with van der Waals surface area (Å²) in [6, 6.07) is 7.16. The highest BCUT2D eigenvalue weighted by Gasteiger charge is 2.23. The molecule has 0 aliphatic heterocycles.